The summed E-state index contributed by atoms with van der Waals surface area (Å²) in [4.78, 5) is 16.0. The highest BCUT2D eigenvalue weighted by molar-refractivity contribution is 6.00. The average molecular weight is 405 g/mol. The zero-order valence-corrected chi connectivity index (χ0v) is 14.0. The number of nitrogens with one attached hydrogen (secondary N) is 1. The second kappa shape index (κ2) is 6.41. The number of carbonyl (C=O) groups is 1. The number of rotatable bonds is 3. The van der Waals surface area contributed by atoms with E-state index < -0.39 is 35.4 Å². The molecule has 1 aromatic carbocycles. The Morgan fingerprint density at radius 2 is 1.89 bits per heavy atom. The molecule has 0 radical (unpaired) electrons. The molecule has 0 bridgehead atoms. The number of anilines is 1. The van der Waals surface area contributed by atoms with Gasteiger partial charge < -0.3 is 9.67 Å². The maximum Gasteiger partial charge on any atom is 0.438 e. The standard InChI is InChI=1S/C17H13F6N3O2/c1-2-15(28,17(21,22)23)13(27)25-14-24-11-7-6-9(16(18,19)20)8-12(11)26(14)10-4-3-5-10/h1,6-8,10,28H,3-5H2,(H,24,25,27)/t15-/m0/s1. The Morgan fingerprint density at radius 3 is 2.36 bits per heavy atom. The van der Waals surface area contributed by atoms with Crippen LogP contribution in [0.1, 0.15) is 30.9 Å². The number of hydrogen-bond acceptors (Lipinski definition) is 3. The first kappa shape index (κ1) is 20.0. The molecule has 2 aromatic rings. The number of aliphatic hydroxyl groups is 1. The summed E-state index contributed by atoms with van der Waals surface area (Å²) in [7, 11) is 0. The van der Waals surface area contributed by atoms with E-state index in [0.717, 1.165) is 30.5 Å². The Kier molecular flexibility index (Phi) is 4.58. The topological polar surface area (TPSA) is 67.2 Å². The summed E-state index contributed by atoms with van der Waals surface area (Å²) in [6, 6.07) is 2.29. The van der Waals surface area contributed by atoms with Crippen molar-refractivity contribution in [2.45, 2.75) is 43.3 Å². The number of amides is 1. The second-order valence-electron chi connectivity index (χ2n) is 6.40. The zero-order chi connectivity index (χ0) is 20.9. The number of benzene rings is 1. The van der Waals surface area contributed by atoms with Gasteiger partial charge in [-0.2, -0.15) is 26.3 Å². The highest BCUT2D eigenvalue weighted by Gasteiger charge is 2.59. The summed E-state index contributed by atoms with van der Waals surface area (Å²) in [6.07, 6.45) is -3.55. The number of nitrogens with zero attached hydrogens (tertiary/aromatic N) is 2. The predicted octanol–water partition coefficient (Wildman–Crippen LogP) is 3.65. The van der Waals surface area contributed by atoms with Gasteiger partial charge in [-0.15, -0.1) is 6.42 Å². The van der Waals surface area contributed by atoms with Crippen molar-refractivity contribution in [2.75, 3.05) is 5.32 Å². The zero-order valence-electron chi connectivity index (χ0n) is 14.0. The molecule has 1 fully saturated rings. The van der Waals surface area contributed by atoms with E-state index in [0.29, 0.717) is 12.8 Å². The maximum absolute atomic E-state index is 13.0. The summed E-state index contributed by atoms with van der Waals surface area (Å²) >= 11 is 0. The van der Waals surface area contributed by atoms with E-state index in [-0.39, 0.29) is 17.1 Å². The fourth-order valence-corrected chi connectivity index (χ4v) is 2.84. The Balaban J connectivity index is 2.08. The monoisotopic (exact) mass is 405 g/mol. The van der Waals surface area contributed by atoms with Gasteiger partial charge in [0.05, 0.1) is 16.6 Å². The first-order chi connectivity index (χ1) is 12.9. The minimum atomic E-state index is -5.46. The molecule has 1 atom stereocenters. The molecule has 28 heavy (non-hydrogen) atoms. The van der Waals surface area contributed by atoms with Crippen LogP contribution in [0.2, 0.25) is 0 Å². The van der Waals surface area contributed by atoms with Crippen LogP contribution >= 0.6 is 0 Å². The van der Waals surface area contributed by atoms with Crippen LogP contribution in [0.15, 0.2) is 18.2 Å². The van der Waals surface area contributed by atoms with Crippen molar-refractivity contribution in [3.05, 3.63) is 23.8 Å². The molecule has 3 rings (SSSR count). The van der Waals surface area contributed by atoms with Gasteiger partial charge in [0.1, 0.15) is 0 Å². The SMILES string of the molecule is C#C[C@](O)(C(=O)Nc1nc2ccc(C(F)(F)F)cc2n1C1CCC1)C(F)(F)F. The van der Waals surface area contributed by atoms with E-state index in [1.165, 1.54) is 4.57 Å². The number of fused-ring (bicyclic) bond motifs is 1. The molecule has 150 valence electrons. The van der Waals surface area contributed by atoms with Gasteiger partial charge in [0.2, 0.25) is 5.95 Å². The minimum Gasteiger partial charge on any atom is -0.362 e. The highest BCUT2D eigenvalue weighted by atomic mass is 19.4. The lowest BCUT2D eigenvalue weighted by atomic mass is 9.92. The Bertz CT molecular complexity index is 968. The highest BCUT2D eigenvalue weighted by Crippen LogP contribution is 2.40. The van der Waals surface area contributed by atoms with Gasteiger partial charge in [-0.1, -0.05) is 5.92 Å². The normalized spacial score (nSPS) is 17.6. The summed E-state index contributed by atoms with van der Waals surface area (Å²) in [5, 5.41) is 11.4. The van der Waals surface area contributed by atoms with E-state index in [2.05, 4.69) is 4.98 Å². The van der Waals surface area contributed by atoms with Gasteiger partial charge in [-0.3, -0.25) is 10.1 Å². The lowest BCUT2D eigenvalue weighted by Gasteiger charge is -2.30. The van der Waals surface area contributed by atoms with E-state index in [4.69, 9.17) is 6.42 Å². The fraction of sp³-hybridized carbons (Fsp3) is 0.412. The molecule has 1 aliphatic rings. The number of aromatic nitrogens is 2. The summed E-state index contributed by atoms with van der Waals surface area (Å²) in [5.41, 5.74) is -5.02. The Morgan fingerprint density at radius 1 is 1.25 bits per heavy atom. The number of terminal acetylenes is 1. The predicted molar refractivity (Wildman–Crippen MR) is 86.1 cm³/mol. The quantitative estimate of drug-likeness (QED) is 0.605. The van der Waals surface area contributed by atoms with Crippen molar-refractivity contribution >= 4 is 22.9 Å². The van der Waals surface area contributed by atoms with Crippen LogP contribution in [0.3, 0.4) is 0 Å². The largest absolute Gasteiger partial charge is 0.438 e. The van der Waals surface area contributed by atoms with Gasteiger partial charge in [0.25, 0.3) is 5.91 Å². The van der Waals surface area contributed by atoms with Crippen molar-refractivity contribution < 1.29 is 36.2 Å². The first-order valence-electron chi connectivity index (χ1n) is 8.06. The van der Waals surface area contributed by atoms with Crippen LogP contribution in [0, 0.1) is 12.3 Å². The van der Waals surface area contributed by atoms with Gasteiger partial charge in [0, 0.05) is 6.04 Å². The molecule has 1 saturated carbocycles. The molecule has 2 N–H and O–H groups in total. The number of alkyl halides is 6. The van der Waals surface area contributed by atoms with E-state index in [1.807, 2.05) is 5.32 Å². The third-order valence-corrected chi connectivity index (χ3v) is 4.63. The smallest absolute Gasteiger partial charge is 0.362 e. The summed E-state index contributed by atoms with van der Waals surface area (Å²) in [5.74, 6) is -1.37. The molecular formula is C17H13F6N3O2. The molecule has 5 nitrogen and oxygen atoms in total. The van der Waals surface area contributed by atoms with Crippen molar-refractivity contribution in [3.8, 4) is 12.3 Å². The van der Waals surface area contributed by atoms with Crippen molar-refractivity contribution in [3.63, 3.8) is 0 Å². The molecule has 1 heterocycles. The third kappa shape index (κ3) is 3.17. The van der Waals surface area contributed by atoms with E-state index in [9.17, 15) is 36.2 Å². The molecule has 1 aromatic heterocycles. The lowest BCUT2D eigenvalue weighted by Crippen LogP contribution is -2.53. The van der Waals surface area contributed by atoms with Crippen LogP contribution in [0.5, 0.6) is 0 Å². The maximum atomic E-state index is 13.0. The molecule has 0 saturated heterocycles. The van der Waals surface area contributed by atoms with Gasteiger partial charge in [0.15, 0.2) is 0 Å². The molecule has 1 aliphatic carbocycles. The lowest BCUT2D eigenvalue weighted by molar-refractivity contribution is -0.228. The molecule has 0 unspecified atom stereocenters. The van der Waals surface area contributed by atoms with Crippen molar-refractivity contribution in [1.82, 2.24) is 9.55 Å². The number of carbonyl (C=O) groups excluding carboxylic acids is 1. The Labute approximate surface area is 154 Å². The van der Waals surface area contributed by atoms with Crippen LogP contribution in [-0.2, 0) is 11.0 Å². The van der Waals surface area contributed by atoms with Crippen LogP contribution in [-0.4, -0.2) is 32.3 Å². The molecule has 0 spiro atoms. The number of halogens is 6. The van der Waals surface area contributed by atoms with Gasteiger partial charge in [-0.25, -0.2) is 4.98 Å². The molecule has 1 amide bonds. The first-order valence-corrected chi connectivity index (χ1v) is 8.06. The molecule has 0 aliphatic heterocycles. The van der Waals surface area contributed by atoms with Crippen LogP contribution in [0.25, 0.3) is 11.0 Å². The minimum absolute atomic E-state index is 0.00563. The summed E-state index contributed by atoms with van der Waals surface area (Å²) < 4.78 is 79.2. The van der Waals surface area contributed by atoms with Gasteiger partial charge in [-0.05, 0) is 37.5 Å². The molecule has 11 heteroatoms. The van der Waals surface area contributed by atoms with E-state index >= 15 is 0 Å². The van der Waals surface area contributed by atoms with Crippen LogP contribution in [0.4, 0.5) is 32.3 Å². The van der Waals surface area contributed by atoms with E-state index in [1.54, 1.807) is 0 Å². The third-order valence-electron chi connectivity index (χ3n) is 4.63. The Hall–Kier alpha value is -2.74. The fourth-order valence-electron chi connectivity index (χ4n) is 2.84. The summed E-state index contributed by atoms with van der Waals surface area (Å²) in [6.45, 7) is 0. The van der Waals surface area contributed by atoms with Crippen molar-refractivity contribution in [1.29, 1.82) is 0 Å². The number of imidazole rings is 1. The molecular weight excluding hydrogens is 392 g/mol. The van der Waals surface area contributed by atoms with Gasteiger partial charge >= 0.3 is 18.0 Å². The second-order valence-corrected chi connectivity index (χ2v) is 6.40. The van der Waals surface area contributed by atoms with Crippen molar-refractivity contribution in [2.24, 2.45) is 0 Å². The number of hydrogen-bond donors (Lipinski definition) is 2. The van der Waals surface area contributed by atoms with Crippen LogP contribution < -0.4 is 5.32 Å². The average Bonchev–Trinajstić information content (AvgIpc) is 2.88.